The van der Waals surface area contributed by atoms with Crippen LogP contribution in [-0.4, -0.2) is 60.2 Å². The number of carbonyl (C=O) groups is 3. The molecule has 25 heteroatoms. The van der Waals surface area contributed by atoms with Gasteiger partial charge in [0, 0.05) is 21.2 Å². The van der Waals surface area contributed by atoms with E-state index in [4.69, 9.17) is 28.9 Å². The summed E-state index contributed by atoms with van der Waals surface area (Å²) in [7, 11) is 0. The molecule has 274 valence electrons. The Balaban J connectivity index is 0. The summed E-state index contributed by atoms with van der Waals surface area (Å²) in [5, 5.41) is 1.76. The Morgan fingerprint density at radius 2 is 1.02 bits per heavy atom. The molecule has 0 saturated heterocycles. The first-order chi connectivity index (χ1) is 20.9. The van der Waals surface area contributed by atoms with Gasteiger partial charge >= 0.3 is 48.7 Å². The fraction of sp³-hybridized carbons (Fsp3) is 0.348. The number of amides is 1. The lowest BCUT2D eigenvalue weighted by Crippen LogP contribution is -2.34. The minimum atomic E-state index is -5.62. The van der Waals surface area contributed by atoms with E-state index in [-0.39, 0.29) is 28.1 Å². The van der Waals surface area contributed by atoms with Gasteiger partial charge in [0.05, 0.1) is 21.6 Å². The molecule has 0 radical (unpaired) electrons. The van der Waals surface area contributed by atoms with Crippen molar-refractivity contribution in [3.63, 3.8) is 0 Å². The first kappa shape index (κ1) is 47.2. The highest BCUT2D eigenvalue weighted by Crippen LogP contribution is 2.35. The van der Waals surface area contributed by atoms with Crippen LogP contribution in [0.3, 0.4) is 0 Å². The Labute approximate surface area is 277 Å². The van der Waals surface area contributed by atoms with Crippen molar-refractivity contribution < 1.29 is 85.0 Å². The lowest BCUT2D eigenvalue weighted by atomic mass is 10.3. The first-order valence-electron chi connectivity index (χ1n) is 10.9. The number of halogens is 17. The number of anilines is 2. The fourth-order valence-corrected chi connectivity index (χ4v) is 4.09. The average Bonchev–Trinajstić information content (AvgIpc) is 2.87. The van der Waals surface area contributed by atoms with Gasteiger partial charge in [0.1, 0.15) is 0 Å². The van der Waals surface area contributed by atoms with Crippen molar-refractivity contribution in [2.45, 2.75) is 48.1 Å². The van der Waals surface area contributed by atoms with E-state index in [0.717, 1.165) is 18.2 Å². The van der Waals surface area contributed by atoms with Crippen LogP contribution in [-0.2, 0) is 19.1 Å². The van der Waals surface area contributed by atoms with Crippen LogP contribution in [0.1, 0.15) is 7.43 Å². The Morgan fingerprint density at radius 1 is 0.646 bits per heavy atom. The summed E-state index contributed by atoms with van der Waals surface area (Å²) < 4.78 is 178. The van der Waals surface area contributed by atoms with Crippen LogP contribution >= 0.6 is 46.7 Å². The molecule has 0 bridgehead atoms. The molecule has 0 aliphatic heterocycles. The molecule has 1 amide bonds. The van der Waals surface area contributed by atoms with Crippen molar-refractivity contribution in [2.24, 2.45) is 0 Å². The van der Waals surface area contributed by atoms with Gasteiger partial charge in [-0.3, -0.25) is 4.79 Å². The van der Waals surface area contributed by atoms with E-state index >= 15 is 0 Å². The van der Waals surface area contributed by atoms with Gasteiger partial charge in [-0.2, -0.15) is 65.9 Å². The molecule has 3 N–H and O–H groups in total. The number of hydrogen-bond acceptors (Lipinski definition) is 7. The van der Waals surface area contributed by atoms with Crippen LogP contribution in [0.5, 0.6) is 0 Å². The lowest BCUT2D eigenvalue weighted by molar-refractivity contribution is -0.221. The Bertz CT molecular complexity index is 1360. The second-order valence-corrected chi connectivity index (χ2v) is 10.6. The number of esters is 2. The summed E-state index contributed by atoms with van der Waals surface area (Å²) >= 11 is 12.3. The van der Waals surface area contributed by atoms with E-state index in [2.05, 4.69) is 4.74 Å². The minimum absolute atomic E-state index is 0. The molecular formula is C23H17Cl2F15N2O4S2. The van der Waals surface area contributed by atoms with Gasteiger partial charge in [0.2, 0.25) is 0 Å². The average molecular weight is 805 g/mol. The van der Waals surface area contributed by atoms with Gasteiger partial charge in [0.15, 0.2) is 0 Å². The number of thioether (sulfide) groups is 2. The summed E-state index contributed by atoms with van der Waals surface area (Å²) in [6.07, 6.45) is -25.0. The van der Waals surface area contributed by atoms with Crippen molar-refractivity contribution >= 4 is 75.9 Å². The fourth-order valence-electron chi connectivity index (χ4n) is 2.04. The minimum Gasteiger partial charge on any atom is -0.399 e. The second kappa shape index (κ2) is 18.7. The van der Waals surface area contributed by atoms with Gasteiger partial charge < -0.3 is 15.8 Å². The molecule has 2 rings (SSSR count). The zero-order chi connectivity index (χ0) is 37.2. The predicted molar refractivity (Wildman–Crippen MR) is 145 cm³/mol. The molecule has 6 nitrogen and oxygen atoms in total. The molecule has 48 heavy (non-hydrogen) atoms. The zero-order valence-electron chi connectivity index (χ0n) is 21.8. The van der Waals surface area contributed by atoms with Crippen LogP contribution < -0.4 is 11.1 Å². The number of alkyl halides is 15. The smallest absolute Gasteiger partial charge is 0.399 e. The van der Waals surface area contributed by atoms with E-state index in [0.29, 0.717) is 34.1 Å². The third-order valence-electron chi connectivity index (χ3n) is 3.83. The van der Waals surface area contributed by atoms with Gasteiger partial charge in [-0.1, -0.05) is 30.6 Å². The van der Waals surface area contributed by atoms with E-state index in [1.807, 2.05) is 0 Å². The SMILES string of the molecule is C.Nc1ccc(Cl)c(SCC(F)(F)F)c1.O=C(Nc1ccc(Cl)c(SCC(F)(F)F)c1)C(F)(F)F.O=C(OC(=O)C(F)(F)F)C(F)(F)F. The number of hydrogen-bond donors (Lipinski definition) is 2. The van der Waals surface area contributed by atoms with Gasteiger partial charge in [0.25, 0.3) is 0 Å². The highest BCUT2D eigenvalue weighted by Gasteiger charge is 2.49. The van der Waals surface area contributed by atoms with Gasteiger partial charge in [-0.15, -0.1) is 23.5 Å². The number of nitrogens with one attached hydrogen (secondary N) is 1. The van der Waals surface area contributed by atoms with Crippen molar-refractivity contribution in [1.82, 2.24) is 0 Å². The topological polar surface area (TPSA) is 98.5 Å². The molecule has 0 atom stereocenters. The van der Waals surface area contributed by atoms with E-state index in [1.54, 1.807) is 6.07 Å². The largest absolute Gasteiger partial charge is 0.491 e. The summed E-state index contributed by atoms with van der Waals surface area (Å²) in [6.45, 7) is 0. The van der Waals surface area contributed by atoms with Crippen molar-refractivity contribution in [2.75, 3.05) is 22.6 Å². The predicted octanol–water partition coefficient (Wildman–Crippen LogP) is 9.89. The molecule has 2 aromatic rings. The summed E-state index contributed by atoms with van der Waals surface area (Å²) in [4.78, 5) is 30.3. The van der Waals surface area contributed by atoms with Crippen molar-refractivity contribution in [3.8, 4) is 0 Å². The standard InChI is InChI=1S/C10H6ClF6NOS.C8H7ClF3NS.C4F6O3.CH4/c11-6-2-1-5(18-8(19)10(15,16)17)3-7(6)20-4-9(12,13)14;9-6-2-1-5(13)3-7(6)14-4-8(10,11)12;5-3(6,7)1(11)13-2(12)4(8,9)10;/h1-3H,4H2,(H,18,19);1-3H,4,13H2;;1H4. The molecule has 0 heterocycles. The quantitative estimate of drug-likeness (QED) is 0.102. The molecule has 0 unspecified atom stereocenters. The monoisotopic (exact) mass is 804 g/mol. The van der Waals surface area contributed by atoms with E-state index in [9.17, 15) is 80.2 Å². The van der Waals surface area contributed by atoms with Gasteiger partial charge in [-0.05, 0) is 36.4 Å². The first-order valence-corrected chi connectivity index (χ1v) is 13.7. The van der Waals surface area contributed by atoms with Crippen LogP contribution in [0, 0.1) is 0 Å². The Kier molecular flexibility index (Phi) is 18.4. The third kappa shape index (κ3) is 20.4. The highest BCUT2D eigenvalue weighted by atomic mass is 35.5. The molecule has 0 fully saturated rings. The molecule has 0 spiro atoms. The van der Waals surface area contributed by atoms with Gasteiger partial charge in [-0.25, -0.2) is 9.59 Å². The number of benzene rings is 2. The number of nitrogens with two attached hydrogens (primary N) is 1. The molecular weight excluding hydrogens is 788 g/mol. The van der Waals surface area contributed by atoms with E-state index < -0.39 is 60.2 Å². The third-order valence-corrected chi connectivity index (χ3v) is 6.96. The normalized spacial score (nSPS) is 11.9. The number of rotatable bonds is 5. The van der Waals surface area contributed by atoms with Crippen LogP contribution in [0.4, 0.5) is 77.2 Å². The maximum atomic E-state index is 12.1. The molecule has 0 saturated carbocycles. The summed E-state index contributed by atoms with van der Waals surface area (Å²) in [5.74, 6) is -10.8. The maximum absolute atomic E-state index is 12.1. The Hall–Kier alpha value is -2.92. The molecule has 0 aromatic heterocycles. The number of nitrogen functional groups attached to an aromatic ring is 1. The second-order valence-electron chi connectivity index (χ2n) is 7.77. The number of carbonyl (C=O) groups excluding carboxylic acids is 3. The zero-order valence-corrected chi connectivity index (χ0v) is 25.0. The summed E-state index contributed by atoms with van der Waals surface area (Å²) in [6, 6.07) is 7.56. The molecule has 0 aliphatic rings. The lowest BCUT2D eigenvalue weighted by Gasteiger charge is -2.11. The van der Waals surface area contributed by atoms with Crippen molar-refractivity contribution in [1.29, 1.82) is 0 Å². The number of ether oxygens (including phenoxy) is 1. The maximum Gasteiger partial charge on any atom is 0.491 e. The molecule has 0 aliphatic carbocycles. The van der Waals surface area contributed by atoms with Crippen LogP contribution in [0.2, 0.25) is 10.0 Å². The van der Waals surface area contributed by atoms with E-state index in [1.165, 1.54) is 17.4 Å². The van der Waals surface area contributed by atoms with Crippen LogP contribution in [0.15, 0.2) is 46.2 Å². The Morgan fingerprint density at radius 3 is 1.38 bits per heavy atom. The molecule has 2 aromatic carbocycles. The van der Waals surface area contributed by atoms with Crippen molar-refractivity contribution in [3.05, 3.63) is 46.4 Å². The highest BCUT2D eigenvalue weighted by molar-refractivity contribution is 7.99. The summed E-state index contributed by atoms with van der Waals surface area (Å²) in [5.41, 5.74) is 5.53. The van der Waals surface area contributed by atoms with Crippen LogP contribution in [0.25, 0.3) is 0 Å².